The first-order valence-electron chi connectivity index (χ1n) is 14.8. The molecule has 1 heterocycles. The van der Waals surface area contributed by atoms with Crippen LogP contribution in [0.1, 0.15) is 22.3 Å². The summed E-state index contributed by atoms with van der Waals surface area (Å²) in [6, 6.07) is 39.5. The summed E-state index contributed by atoms with van der Waals surface area (Å²) in [4.78, 5) is 0. The monoisotopic (exact) mass is 639 g/mol. The third-order valence-electron chi connectivity index (χ3n) is 7.35. The molecular weight excluding hydrogens is 602 g/mol. The number of rotatable bonds is 15. The molecule has 0 aliphatic heterocycles. The fourth-order valence-electron chi connectivity index (χ4n) is 5.06. The van der Waals surface area contributed by atoms with Crippen molar-refractivity contribution in [2.24, 2.45) is 10.2 Å². The molecule has 0 radical (unpaired) electrons. The van der Waals surface area contributed by atoms with Crippen LogP contribution in [-0.4, -0.2) is 55.3 Å². The molecule has 0 bridgehead atoms. The molecule has 0 saturated heterocycles. The van der Waals surface area contributed by atoms with Gasteiger partial charge in [-0.25, -0.2) is 0 Å². The Morgan fingerprint density at radius 3 is 1.85 bits per heavy atom. The summed E-state index contributed by atoms with van der Waals surface area (Å²) in [6.07, 6.45) is 0.0509. The van der Waals surface area contributed by atoms with Crippen LogP contribution >= 0.6 is 12.4 Å². The highest BCUT2D eigenvalue weighted by Gasteiger charge is 2.36. The zero-order chi connectivity index (χ0) is 31.3. The van der Waals surface area contributed by atoms with Crippen LogP contribution in [-0.2, 0) is 12.0 Å². The highest BCUT2D eigenvalue weighted by molar-refractivity contribution is 5.85. The van der Waals surface area contributed by atoms with E-state index in [0.29, 0.717) is 36.3 Å². The Labute approximate surface area is 275 Å². The Morgan fingerprint density at radius 1 is 0.739 bits per heavy atom. The molecule has 1 atom stereocenters. The summed E-state index contributed by atoms with van der Waals surface area (Å²) < 4.78 is 16.3. The molecule has 4 aromatic carbocycles. The van der Waals surface area contributed by atoms with Crippen molar-refractivity contribution >= 4 is 18.2 Å². The van der Waals surface area contributed by atoms with Crippen LogP contribution in [0.4, 0.5) is 5.82 Å². The number of azo groups is 1. The number of nitrogens with one attached hydrogen (secondary N) is 1. The van der Waals surface area contributed by atoms with E-state index in [2.05, 4.69) is 57.0 Å². The molecule has 1 aromatic heterocycles. The van der Waals surface area contributed by atoms with Crippen LogP contribution in [0.25, 0.3) is 0 Å². The quantitative estimate of drug-likeness (QED) is 0.0758. The van der Waals surface area contributed by atoms with Gasteiger partial charge in [-0.2, -0.15) is 5.11 Å². The maximum atomic E-state index is 10.4. The molecule has 238 valence electrons. The third kappa shape index (κ3) is 8.45. The van der Waals surface area contributed by atoms with Gasteiger partial charge in [-0.1, -0.05) is 97.1 Å². The number of nitrogens with zero attached hydrogens (tertiary/aromatic N) is 4. The van der Waals surface area contributed by atoms with Gasteiger partial charge in [-0.05, 0) is 53.4 Å². The Kier molecular flexibility index (Phi) is 12.6. The Balaban J connectivity index is 0.00000480. The molecule has 2 N–H and O–H groups in total. The first-order valence-corrected chi connectivity index (χ1v) is 14.8. The molecule has 0 unspecified atom stereocenters. The fourth-order valence-corrected chi connectivity index (χ4v) is 5.06. The molecule has 0 fully saturated rings. The van der Waals surface area contributed by atoms with Gasteiger partial charge in [0.05, 0.1) is 14.2 Å². The lowest BCUT2D eigenvalue weighted by Gasteiger charge is -2.30. The number of methoxy groups -OCH3 is 2. The number of hydrogen-bond donors (Lipinski definition) is 2. The molecule has 9 nitrogen and oxygen atoms in total. The van der Waals surface area contributed by atoms with Crippen molar-refractivity contribution in [2.45, 2.75) is 18.1 Å². The van der Waals surface area contributed by atoms with E-state index in [1.165, 1.54) is 0 Å². The van der Waals surface area contributed by atoms with Crippen LogP contribution < -0.4 is 19.5 Å². The molecule has 0 spiro atoms. The Hall–Kier alpha value is -4.83. The average molecular weight is 640 g/mol. The number of aromatic nitrogens is 2. The van der Waals surface area contributed by atoms with E-state index in [9.17, 15) is 5.11 Å². The second-order valence-electron chi connectivity index (χ2n) is 10.3. The van der Waals surface area contributed by atoms with Crippen LogP contribution in [0.5, 0.6) is 17.4 Å². The minimum absolute atomic E-state index is 0. The largest absolute Gasteiger partial charge is 0.493 e. The zero-order valence-electron chi connectivity index (χ0n) is 25.8. The van der Waals surface area contributed by atoms with E-state index in [4.69, 9.17) is 19.3 Å². The molecule has 10 heteroatoms. The fraction of sp³-hybridized carbons (Fsp3) is 0.222. The second kappa shape index (κ2) is 17.0. The van der Waals surface area contributed by atoms with Gasteiger partial charge in [0.15, 0.2) is 22.9 Å². The van der Waals surface area contributed by atoms with Crippen molar-refractivity contribution in [3.63, 3.8) is 0 Å². The highest BCUT2D eigenvalue weighted by Crippen LogP contribution is 2.41. The Morgan fingerprint density at radius 2 is 1.33 bits per heavy atom. The first kappa shape index (κ1) is 34.1. The van der Waals surface area contributed by atoms with Crippen molar-refractivity contribution in [2.75, 3.05) is 33.9 Å². The molecule has 5 aromatic rings. The molecular formula is C36H38ClN5O4. The highest BCUT2D eigenvalue weighted by atomic mass is 35.5. The topological polar surface area (TPSA) is 110 Å². The number of ether oxygens (including phenoxy) is 3. The molecule has 46 heavy (non-hydrogen) atoms. The van der Waals surface area contributed by atoms with Gasteiger partial charge in [-0.15, -0.1) is 27.7 Å². The maximum Gasteiger partial charge on any atom is 0.233 e. The van der Waals surface area contributed by atoms with E-state index in [1.807, 2.05) is 72.8 Å². The predicted molar refractivity (Wildman–Crippen MR) is 181 cm³/mol. The van der Waals surface area contributed by atoms with Gasteiger partial charge >= 0.3 is 0 Å². The Bertz CT molecular complexity index is 1550. The minimum atomic E-state index is -0.892. The van der Waals surface area contributed by atoms with E-state index in [-0.39, 0.29) is 19.0 Å². The molecule has 0 amide bonds. The summed E-state index contributed by atoms with van der Waals surface area (Å²) in [5, 5.41) is 31.5. The predicted octanol–water partition coefficient (Wildman–Crippen LogP) is 6.56. The number of halogens is 1. The molecule has 0 aliphatic rings. The van der Waals surface area contributed by atoms with Crippen LogP contribution in [0.15, 0.2) is 132 Å². The van der Waals surface area contributed by atoms with Crippen molar-refractivity contribution in [1.29, 1.82) is 0 Å². The van der Waals surface area contributed by atoms with E-state index < -0.39 is 11.6 Å². The summed E-state index contributed by atoms with van der Waals surface area (Å²) in [6.45, 7) is 1.12. The molecule has 0 aliphatic carbocycles. The number of aliphatic hydroxyl groups excluding tert-OH is 1. The number of hydrogen-bond acceptors (Lipinski definition) is 9. The van der Waals surface area contributed by atoms with Gasteiger partial charge in [0, 0.05) is 12.6 Å². The maximum absolute atomic E-state index is 10.4. The van der Waals surface area contributed by atoms with Crippen LogP contribution in [0.3, 0.4) is 0 Å². The number of benzene rings is 4. The second-order valence-corrected chi connectivity index (χ2v) is 10.3. The van der Waals surface area contributed by atoms with Crippen LogP contribution in [0.2, 0.25) is 0 Å². The summed E-state index contributed by atoms with van der Waals surface area (Å²) >= 11 is 0. The van der Waals surface area contributed by atoms with E-state index in [1.54, 1.807) is 26.4 Å². The van der Waals surface area contributed by atoms with Gasteiger partial charge in [0.25, 0.3) is 0 Å². The smallest absolute Gasteiger partial charge is 0.233 e. The minimum Gasteiger partial charge on any atom is -0.493 e. The summed E-state index contributed by atoms with van der Waals surface area (Å²) in [5.41, 5.74) is 3.14. The van der Waals surface area contributed by atoms with E-state index in [0.717, 1.165) is 28.7 Å². The van der Waals surface area contributed by atoms with Crippen molar-refractivity contribution in [3.05, 3.63) is 144 Å². The van der Waals surface area contributed by atoms with Gasteiger partial charge in [0.1, 0.15) is 12.7 Å². The normalized spacial score (nSPS) is 11.9. The van der Waals surface area contributed by atoms with Gasteiger partial charge in [-0.3, -0.25) is 0 Å². The lowest BCUT2D eigenvalue weighted by molar-refractivity contribution is 0.103. The van der Waals surface area contributed by atoms with Crippen LogP contribution in [0, 0.1) is 0 Å². The zero-order valence-corrected chi connectivity index (χ0v) is 26.6. The van der Waals surface area contributed by atoms with Gasteiger partial charge in [0.2, 0.25) is 5.88 Å². The molecule has 0 saturated carbocycles. The summed E-state index contributed by atoms with van der Waals surface area (Å²) in [5.74, 6) is 2.02. The van der Waals surface area contributed by atoms with E-state index >= 15 is 0 Å². The van der Waals surface area contributed by atoms with Crippen molar-refractivity contribution in [3.8, 4) is 17.4 Å². The van der Waals surface area contributed by atoms with Gasteiger partial charge < -0.3 is 24.6 Å². The SMILES string of the molecule is COc1ccc(CCNC[C@H](O)COc2ccc(N=NC(c3ccccc3)(c3ccccc3)c3ccccc3)nn2)cc1OC.Cl. The van der Waals surface area contributed by atoms with Crippen molar-refractivity contribution < 1.29 is 19.3 Å². The summed E-state index contributed by atoms with van der Waals surface area (Å²) in [7, 11) is 3.23. The number of aliphatic hydroxyl groups is 1. The first-order chi connectivity index (χ1) is 22.1. The lowest BCUT2D eigenvalue weighted by Crippen LogP contribution is -2.32. The lowest BCUT2D eigenvalue weighted by atomic mass is 9.78. The van der Waals surface area contributed by atoms with Crippen molar-refractivity contribution in [1.82, 2.24) is 15.5 Å². The third-order valence-corrected chi connectivity index (χ3v) is 7.35. The molecule has 5 rings (SSSR count). The average Bonchev–Trinajstić information content (AvgIpc) is 3.11. The standard InChI is InChI=1S/C36H37N5O4.ClH/c1-43-32-19-18-27(24-33(32)44-2)22-23-37-25-31(42)26-45-35-21-20-34(38-40-35)39-41-36(28-12-6-3-7-13-28,29-14-8-4-9-15-29)30-16-10-5-11-17-30;/h3-21,24,31,37,42H,22-23,25-26H2,1-2H3;1H/t31-;/m0./s1.